The zero-order valence-corrected chi connectivity index (χ0v) is 12.1. The summed E-state index contributed by atoms with van der Waals surface area (Å²) in [5.41, 5.74) is 0.278. The molecule has 1 atom stereocenters. The summed E-state index contributed by atoms with van der Waals surface area (Å²) in [4.78, 5) is 14.6. The standard InChI is InChI=1S/C15H27NO2/c1-4-18-13(17)12-15(16-10-5-6-11-16)9-7-8-14(15,2)3/h4-12H2,1-3H3. The van der Waals surface area contributed by atoms with Crippen LogP contribution in [0.5, 0.6) is 0 Å². The lowest BCUT2D eigenvalue weighted by Gasteiger charge is -2.48. The van der Waals surface area contributed by atoms with Gasteiger partial charge in [0.05, 0.1) is 13.0 Å². The lowest BCUT2D eigenvalue weighted by molar-refractivity contribution is -0.148. The van der Waals surface area contributed by atoms with E-state index in [-0.39, 0.29) is 16.9 Å². The normalized spacial score (nSPS) is 31.7. The average molecular weight is 253 g/mol. The van der Waals surface area contributed by atoms with E-state index in [4.69, 9.17) is 4.74 Å². The number of carbonyl (C=O) groups is 1. The fraction of sp³-hybridized carbons (Fsp3) is 0.933. The van der Waals surface area contributed by atoms with Gasteiger partial charge in [-0.05, 0) is 51.1 Å². The van der Waals surface area contributed by atoms with Gasteiger partial charge >= 0.3 is 5.97 Å². The van der Waals surface area contributed by atoms with Crippen molar-refractivity contribution in [3.8, 4) is 0 Å². The van der Waals surface area contributed by atoms with Crippen molar-refractivity contribution < 1.29 is 9.53 Å². The molecular weight excluding hydrogens is 226 g/mol. The third-order valence-corrected chi connectivity index (χ3v) is 5.11. The molecule has 0 aromatic heterocycles. The number of carbonyl (C=O) groups excluding carboxylic acids is 1. The Morgan fingerprint density at radius 3 is 2.33 bits per heavy atom. The van der Waals surface area contributed by atoms with Crippen LogP contribution in [0.4, 0.5) is 0 Å². The molecule has 1 saturated heterocycles. The summed E-state index contributed by atoms with van der Waals surface area (Å²) in [6, 6.07) is 0. The van der Waals surface area contributed by atoms with Crippen LogP contribution in [0.25, 0.3) is 0 Å². The second-order valence-corrected chi connectivity index (χ2v) is 6.44. The van der Waals surface area contributed by atoms with Gasteiger partial charge in [-0.2, -0.15) is 0 Å². The molecule has 2 fully saturated rings. The van der Waals surface area contributed by atoms with Gasteiger partial charge < -0.3 is 4.74 Å². The van der Waals surface area contributed by atoms with Crippen LogP contribution in [-0.2, 0) is 9.53 Å². The average Bonchev–Trinajstić information content (AvgIpc) is 2.88. The highest BCUT2D eigenvalue weighted by atomic mass is 16.5. The van der Waals surface area contributed by atoms with Gasteiger partial charge in [0.1, 0.15) is 0 Å². The third kappa shape index (κ3) is 2.29. The number of ether oxygens (including phenoxy) is 1. The summed E-state index contributed by atoms with van der Waals surface area (Å²) in [5, 5.41) is 0. The van der Waals surface area contributed by atoms with Gasteiger partial charge in [-0.3, -0.25) is 9.69 Å². The Morgan fingerprint density at radius 1 is 1.17 bits per heavy atom. The monoisotopic (exact) mass is 253 g/mol. The van der Waals surface area contributed by atoms with Crippen molar-refractivity contribution in [2.24, 2.45) is 5.41 Å². The van der Waals surface area contributed by atoms with E-state index in [0.717, 1.165) is 19.5 Å². The van der Waals surface area contributed by atoms with E-state index >= 15 is 0 Å². The van der Waals surface area contributed by atoms with Crippen LogP contribution >= 0.6 is 0 Å². The van der Waals surface area contributed by atoms with E-state index in [1.807, 2.05) is 6.92 Å². The predicted molar refractivity (Wildman–Crippen MR) is 72.4 cm³/mol. The fourth-order valence-corrected chi connectivity index (χ4v) is 4.02. The maximum atomic E-state index is 12.0. The molecule has 0 aromatic carbocycles. The molecule has 2 aliphatic rings. The largest absolute Gasteiger partial charge is 0.466 e. The number of hydrogen-bond donors (Lipinski definition) is 0. The van der Waals surface area contributed by atoms with E-state index in [0.29, 0.717) is 13.0 Å². The van der Waals surface area contributed by atoms with E-state index in [9.17, 15) is 4.79 Å². The Hall–Kier alpha value is -0.570. The predicted octanol–water partition coefficient (Wildman–Crippen LogP) is 2.98. The molecule has 1 saturated carbocycles. The Kier molecular flexibility index (Phi) is 4.00. The molecule has 0 spiro atoms. The highest BCUT2D eigenvalue weighted by molar-refractivity contribution is 5.71. The zero-order chi connectivity index (χ0) is 13.2. The van der Waals surface area contributed by atoms with E-state index in [1.54, 1.807) is 0 Å². The fourth-order valence-electron chi connectivity index (χ4n) is 4.02. The topological polar surface area (TPSA) is 29.5 Å². The van der Waals surface area contributed by atoms with Crippen molar-refractivity contribution in [2.75, 3.05) is 19.7 Å². The number of hydrogen-bond acceptors (Lipinski definition) is 3. The van der Waals surface area contributed by atoms with E-state index < -0.39 is 0 Å². The Balaban J connectivity index is 2.19. The highest BCUT2D eigenvalue weighted by Gasteiger charge is 2.54. The molecule has 1 heterocycles. The minimum absolute atomic E-state index is 0.0145. The molecule has 2 rings (SSSR count). The SMILES string of the molecule is CCOC(=O)CC1(N2CCCC2)CCCC1(C)C. The molecule has 0 amide bonds. The summed E-state index contributed by atoms with van der Waals surface area (Å²) in [7, 11) is 0. The lowest BCUT2D eigenvalue weighted by Crippen LogP contribution is -2.55. The van der Waals surface area contributed by atoms with Crippen LogP contribution in [-0.4, -0.2) is 36.1 Å². The summed E-state index contributed by atoms with van der Waals surface area (Å²) in [6.07, 6.45) is 6.75. The molecule has 0 aromatic rings. The van der Waals surface area contributed by atoms with Crippen LogP contribution in [0, 0.1) is 5.41 Å². The minimum atomic E-state index is -0.0145. The van der Waals surface area contributed by atoms with Gasteiger partial charge in [-0.1, -0.05) is 20.3 Å². The molecule has 0 bridgehead atoms. The molecule has 1 aliphatic heterocycles. The molecule has 1 unspecified atom stereocenters. The van der Waals surface area contributed by atoms with Crippen LogP contribution in [0.15, 0.2) is 0 Å². The van der Waals surface area contributed by atoms with Crippen LogP contribution in [0.1, 0.15) is 59.3 Å². The molecule has 3 heteroatoms. The summed E-state index contributed by atoms with van der Waals surface area (Å²) in [6.45, 7) is 9.36. The maximum Gasteiger partial charge on any atom is 0.307 e. The first-order chi connectivity index (χ1) is 8.52. The number of rotatable bonds is 4. The summed E-state index contributed by atoms with van der Waals surface area (Å²) < 4.78 is 5.22. The summed E-state index contributed by atoms with van der Waals surface area (Å²) in [5.74, 6) is -0.0145. The van der Waals surface area contributed by atoms with E-state index in [1.165, 1.54) is 25.7 Å². The van der Waals surface area contributed by atoms with Crippen molar-refractivity contribution in [1.82, 2.24) is 4.90 Å². The van der Waals surface area contributed by atoms with Gasteiger partial charge in [0.2, 0.25) is 0 Å². The van der Waals surface area contributed by atoms with Crippen LogP contribution < -0.4 is 0 Å². The van der Waals surface area contributed by atoms with Crippen molar-refractivity contribution in [3.05, 3.63) is 0 Å². The van der Waals surface area contributed by atoms with Gasteiger partial charge in [-0.25, -0.2) is 0 Å². The first-order valence-corrected chi connectivity index (χ1v) is 7.42. The van der Waals surface area contributed by atoms with Crippen LogP contribution in [0.3, 0.4) is 0 Å². The quantitative estimate of drug-likeness (QED) is 0.721. The van der Waals surface area contributed by atoms with E-state index in [2.05, 4.69) is 18.7 Å². The first kappa shape index (κ1) is 13.9. The Bertz CT molecular complexity index is 308. The molecule has 104 valence electrons. The Morgan fingerprint density at radius 2 is 1.83 bits per heavy atom. The van der Waals surface area contributed by atoms with Gasteiger partial charge in [0, 0.05) is 5.54 Å². The smallest absolute Gasteiger partial charge is 0.307 e. The summed E-state index contributed by atoms with van der Waals surface area (Å²) >= 11 is 0. The second kappa shape index (κ2) is 5.20. The van der Waals surface area contributed by atoms with Crippen molar-refractivity contribution in [3.63, 3.8) is 0 Å². The molecule has 3 nitrogen and oxygen atoms in total. The maximum absolute atomic E-state index is 12.0. The van der Waals surface area contributed by atoms with Crippen molar-refractivity contribution in [2.45, 2.75) is 64.8 Å². The molecule has 1 aliphatic carbocycles. The van der Waals surface area contributed by atoms with Crippen LogP contribution in [0.2, 0.25) is 0 Å². The van der Waals surface area contributed by atoms with Crippen molar-refractivity contribution in [1.29, 1.82) is 0 Å². The number of likely N-dealkylation sites (tertiary alicyclic amines) is 1. The number of esters is 1. The van der Waals surface area contributed by atoms with Crippen molar-refractivity contribution >= 4 is 5.97 Å². The Labute approximate surface area is 111 Å². The second-order valence-electron chi connectivity index (χ2n) is 6.44. The van der Waals surface area contributed by atoms with Gasteiger partial charge in [-0.15, -0.1) is 0 Å². The lowest BCUT2D eigenvalue weighted by atomic mass is 9.71. The van der Waals surface area contributed by atoms with Gasteiger partial charge in [0.25, 0.3) is 0 Å². The first-order valence-electron chi connectivity index (χ1n) is 7.42. The molecular formula is C15H27NO2. The third-order valence-electron chi connectivity index (χ3n) is 5.11. The van der Waals surface area contributed by atoms with Gasteiger partial charge in [0.15, 0.2) is 0 Å². The molecule has 0 N–H and O–H groups in total. The number of nitrogens with zero attached hydrogens (tertiary/aromatic N) is 1. The molecule has 18 heavy (non-hydrogen) atoms. The molecule has 0 radical (unpaired) electrons. The minimum Gasteiger partial charge on any atom is -0.466 e. The highest BCUT2D eigenvalue weighted by Crippen LogP contribution is 2.52. The zero-order valence-electron chi connectivity index (χ0n) is 12.1.